The molecule has 1 aromatic heterocycles. The quantitative estimate of drug-likeness (QED) is 0.690. The number of carbonyl (C=O) groups is 1. The van der Waals surface area contributed by atoms with Gasteiger partial charge in [-0.1, -0.05) is 0 Å². The molecule has 0 fully saturated rings. The number of hydrogen-bond donors (Lipinski definition) is 0. The highest BCUT2D eigenvalue weighted by molar-refractivity contribution is 7.10. The van der Waals surface area contributed by atoms with Gasteiger partial charge in [0, 0.05) is 16.7 Å². The van der Waals surface area contributed by atoms with Crippen LogP contribution in [0.2, 0.25) is 0 Å². The SMILES string of the molecule is COC(=O)c1csc2c1CC(C)OC2C. The van der Waals surface area contributed by atoms with Crippen LogP contribution in [-0.2, 0) is 15.9 Å². The molecule has 0 bridgehead atoms. The summed E-state index contributed by atoms with van der Waals surface area (Å²) in [5.41, 5.74) is 1.82. The van der Waals surface area contributed by atoms with Crippen molar-refractivity contribution in [1.82, 2.24) is 0 Å². The van der Waals surface area contributed by atoms with Gasteiger partial charge < -0.3 is 9.47 Å². The fourth-order valence-electron chi connectivity index (χ4n) is 1.98. The summed E-state index contributed by atoms with van der Waals surface area (Å²) in [7, 11) is 1.42. The Hall–Kier alpha value is -0.870. The van der Waals surface area contributed by atoms with Gasteiger partial charge in [0.05, 0.1) is 24.9 Å². The molecule has 2 rings (SSSR count). The molecule has 15 heavy (non-hydrogen) atoms. The van der Waals surface area contributed by atoms with Crippen LogP contribution in [0.15, 0.2) is 5.38 Å². The van der Waals surface area contributed by atoms with Crippen LogP contribution in [0.1, 0.15) is 40.8 Å². The minimum Gasteiger partial charge on any atom is -0.465 e. The second-order valence-corrected chi connectivity index (χ2v) is 4.69. The van der Waals surface area contributed by atoms with Crippen molar-refractivity contribution in [3.8, 4) is 0 Å². The zero-order valence-electron chi connectivity index (χ0n) is 9.07. The van der Waals surface area contributed by atoms with Gasteiger partial charge in [-0.05, 0) is 19.4 Å². The average molecular weight is 226 g/mol. The van der Waals surface area contributed by atoms with Gasteiger partial charge in [0.25, 0.3) is 0 Å². The fraction of sp³-hybridized carbons (Fsp3) is 0.545. The highest BCUT2D eigenvalue weighted by Crippen LogP contribution is 2.36. The highest BCUT2D eigenvalue weighted by Gasteiger charge is 2.28. The summed E-state index contributed by atoms with van der Waals surface area (Å²) >= 11 is 1.58. The maximum absolute atomic E-state index is 11.5. The van der Waals surface area contributed by atoms with E-state index in [4.69, 9.17) is 9.47 Å². The number of fused-ring (bicyclic) bond motifs is 1. The molecular weight excluding hydrogens is 212 g/mol. The van der Waals surface area contributed by atoms with Crippen LogP contribution in [-0.4, -0.2) is 19.2 Å². The Morgan fingerprint density at radius 2 is 2.33 bits per heavy atom. The fourth-order valence-corrected chi connectivity index (χ4v) is 3.04. The molecule has 0 spiro atoms. The van der Waals surface area contributed by atoms with Crippen molar-refractivity contribution in [3.05, 3.63) is 21.4 Å². The molecule has 0 aromatic carbocycles. The van der Waals surface area contributed by atoms with E-state index in [2.05, 4.69) is 0 Å². The van der Waals surface area contributed by atoms with Crippen molar-refractivity contribution in [2.45, 2.75) is 32.5 Å². The predicted molar refractivity (Wildman–Crippen MR) is 58.3 cm³/mol. The Balaban J connectivity index is 2.41. The lowest BCUT2D eigenvalue weighted by atomic mass is 9.99. The molecule has 4 heteroatoms. The molecule has 2 heterocycles. The van der Waals surface area contributed by atoms with Crippen LogP contribution in [0.4, 0.5) is 0 Å². The first-order chi connectivity index (χ1) is 7.13. The number of thiophene rings is 1. The maximum atomic E-state index is 11.5. The summed E-state index contributed by atoms with van der Waals surface area (Å²) in [6.45, 7) is 4.05. The molecule has 0 saturated carbocycles. The third kappa shape index (κ3) is 1.79. The zero-order valence-corrected chi connectivity index (χ0v) is 9.89. The smallest absolute Gasteiger partial charge is 0.338 e. The van der Waals surface area contributed by atoms with E-state index in [0.29, 0.717) is 5.56 Å². The van der Waals surface area contributed by atoms with Gasteiger partial charge in [-0.15, -0.1) is 11.3 Å². The van der Waals surface area contributed by atoms with Gasteiger partial charge in [0.15, 0.2) is 0 Å². The van der Waals surface area contributed by atoms with Gasteiger partial charge in [0.2, 0.25) is 0 Å². The van der Waals surface area contributed by atoms with Gasteiger partial charge in [-0.25, -0.2) is 4.79 Å². The Kier molecular flexibility index (Phi) is 2.80. The molecule has 3 nitrogen and oxygen atoms in total. The summed E-state index contributed by atoms with van der Waals surface area (Å²) in [6, 6.07) is 0. The molecule has 2 unspecified atom stereocenters. The lowest BCUT2D eigenvalue weighted by molar-refractivity contribution is -0.00245. The minimum atomic E-state index is -0.242. The summed E-state index contributed by atoms with van der Waals surface area (Å²) in [5, 5.41) is 1.87. The molecule has 0 N–H and O–H groups in total. The molecule has 0 saturated heterocycles. The Bertz CT molecular complexity index is 383. The van der Waals surface area contributed by atoms with E-state index in [9.17, 15) is 4.79 Å². The van der Waals surface area contributed by atoms with Crippen molar-refractivity contribution in [2.24, 2.45) is 0 Å². The number of hydrogen-bond acceptors (Lipinski definition) is 4. The standard InChI is InChI=1S/C11H14O3S/c1-6-4-8-9(11(12)13-3)5-15-10(8)7(2)14-6/h5-7H,4H2,1-3H3. The second kappa shape index (κ2) is 3.94. The molecule has 1 aromatic rings. The lowest BCUT2D eigenvalue weighted by Gasteiger charge is -2.25. The summed E-state index contributed by atoms with van der Waals surface area (Å²) < 4.78 is 10.5. The first-order valence-corrected chi connectivity index (χ1v) is 5.85. The molecule has 82 valence electrons. The molecular formula is C11H14O3S. The molecule has 0 amide bonds. The van der Waals surface area contributed by atoms with Crippen LogP contribution in [0, 0.1) is 0 Å². The summed E-state index contributed by atoms with van der Waals surface area (Å²) in [5.74, 6) is -0.242. The van der Waals surface area contributed by atoms with Crippen LogP contribution >= 0.6 is 11.3 Å². The van der Waals surface area contributed by atoms with Crippen molar-refractivity contribution < 1.29 is 14.3 Å². The van der Waals surface area contributed by atoms with Gasteiger partial charge in [-0.2, -0.15) is 0 Å². The topological polar surface area (TPSA) is 35.5 Å². The predicted octanol–water partition coefficient (Wildman–Crippen LogP) is 2.56. The molecule has 0 radical (unpaired) electrons. The van der Waals surface area contributed by atoms with Crippen molar-refractivity contribution >= 4 is 17.3 Å². The normalized spacial score (nSPS) is 24.7. The largest absolute Gasteiger partial charge is 0.465 e. The van der Waals surface area contributed by atoms with E-state index in [1.54, 1.807) is 11.3 Å². The van der Waals surface area contributed by atoms with Crippen molar-refractivity contribution in [3.63, 3.8) is 0 Å². The Morgan fingerprint density at radius 3 is 3.00 bits per heavy atom. The van der Waals surface area contributed by atoms with Crippen molar-refractivity contribution in [1.29, 1.82) is 0 Å². The number of ether oxygens (including phenoxy) is 2. The van der Waals surface area contributed by atoms with E-state index in [1.165, 1.54) is 7.11 Å². The highest BCUT2D eigenvalue weighted by atomic mass is 32.1. The molecule has 2 atom stereocenters. The number of carbonyl (C=O) groups excluding carboxylic acids is 1. The summed E-state index contributed by atoms with van der Waals surface area (Å²) in [4.78, 5) is 12.7. The van der Waals surface area contributed by atoms with Crippen molar-refractivity contribution in [2.75, 3.05) is 7.11 Å². The first kappa shape index (κ1) is 10.6. The van der Waals surface area contributed by atoms with E-state index >= 15 is 0 Å². The number of methoxy groups -OCH3 is 1. The van der Waals surface area contributed by atoms with Gasteiger partial charge in [-0.3, -0.25) is 0 Å². The van der Waals surface area contributed by atoms with Gasteiger partial charge >= 0.3 is 5.97 Å². The number of rotatable bonds is 1. The minimum absolute atomic E-state index is 0.0900. The Labute approximate surface area is 93.0 Å². The van der Waals surface area contributed by atoms with Crippen LogP contribution in [0.3, 0.4) is 0 Å². The summed E-state index contributed by atoms with van der Waals surface area (Å²) in [6.07, 6.45) is 1.06. The molecule has 1 aliphatic rings. The van der Waals surface area contributed by atoms with Gasteiger partial charge in [0.1, 0.15) is 0 Å². The monoisotopic (exact) mass is 226 g/mol. The maximum Gasteiger partial charge on any atom is 0.338 e. The average Bonchev–Trinajstić information content (AvgIpc) is 2.60. The lowest BCUT2D eigenvalue weighted by Crippen LogP contribution is -2.22. The van der Waals surface area contributed by atoms with E-state index in [0.717, 1.165) is 16.9 Å². The second-order valence-electron chi connectivity index (χ2n) is 3.78. The van der Waals surface area contributed by atoms with E-state index in [-0.39, 0.29) is 18.2 Å². The van der Waals surface area contributed by atoms with Crippen LogP contribution in [0.25, 0.3) is 0 Å². The van der Waals surface area contributed by atoms with E-state index < -0.39 is 0 Å². The third-order valence-electron chi connectivity index (χ3n) is 2.63. The molecule has 0 aliphatic carbocycles. The van der Waals surface area contributed by atoms with Crippen LogP contribution < -0.4 is 0 Å². The molecule has 1 aliphatic heterocycles. The first-order valence-electron chi connectivity index (χ1n) is 4.97. The zero-order chi connectivity index (χ0) is 11.0. The van der Waals surface area contributed by atoms with Crippen LogP contribution in [0.5, 0.6) is 0 Å². The Morgan fingerprint density at radius 1 is 1.60 bits per heavy atom. The van der Waals surface area contributed by atoms with E-state index in [1.807, 2.05) is 19.2 Å². The third-order valence-corrected chi connectivity index (χ3v) is 3.81. The number of esters is 1.